The second kappa shape index (κ2) is 5.40. The van der Waals surface area contributed by atoms with E-state index >= 15 is 0 Å². The number of rotatable bonds is 3. The van der Waals surface area contributed by atoms with E-state index in [0.717, 1.165) is 12.1 Å². The van der Waals surface area contributed by atoms with E-state index in [1.165, 1.54) is 12.1 Å². The summed E-state index contributed by atoms with van der Waals surface area (Å²) in [5.41, 5.74) is -0.875. The maximum atomic E-state index is 12.4. The number of alkyl halides is 4. The molecule has 1 aromatic rings. The van der Waals surface area contributed by atoms with Gasteiger partial charge in [0.25, 0.3) is 5.91 Å². The summed E-state index contributed by atoms with van der Waals surface area (Å²) in [4.78, 5) is 11.6. The summed E-state index contributed by atoms with van der Waals surface area (Å²) in [6.45, 7) is 1.67. The fraction of sp³-hybridized carbons (Fsp3) is 0.364. The molecule has 0 saturated heterocycles. The molecule has 1 atom stereocenters. The first-order valence-corrected chi connectivity index (χ1v) is 5.42. The van der Waals surface area contributed by atoms with Crippen molar-refractivity contribution < 1.29 is 18.0 Å². The van der Waals surface area contributed by atoms with Gasteiger partial charge in [0.2, 0.25) is 0 Å². The van der Waals surface area contributed by atoms with E-state index in [4.69, 9.17) is 11.6 Å². The number of amides is 1. The standard InChI is InChI=1S/C11H11ClF3NO/c1-7(6-12)16-10(17)8-3-2-4-9(5-8)11(13,14)15/h2-5,7H,6H2,1H3,(H,16,17). The molecule has 0 saturated carbocycles. The second-order valence-electron chi connectivity index (χ2n) is 3.61. The average Bonchev–Trinajstić information content (AvgIpc) is 2.28. The molecule has 1 N–H and O–H groups in total. The zero-order valence-corrected chi connectivity index (χ0v) is 9.77. The van der Waals surface area contributed by atoms with Gasteiger partial charge in [-0.1, -0.05) is 6.07 Å². The molecule has 0 aromatic heterocycles. The molecule has 0 radical (unpaired) electrons. The Labute approximate surface area is 102 Å². The van der Waals surface area contributed by atoms with Crippen LogP contribution in [0.25, 0.3) is 0 Å². The Hall–Kier alpha value is -1.23. The van der Waals surface area contributed by atoms with Crippen LogP contribution in [0.5, 0.6) is 0 Å². The molecule has 6 heteroatoms. The molecule has 1 aromatic carbocycles. The molecular formula is C11H11ClF3NO. The van der Waals surface area contributed by atoms with Crippen LogP contribution >= 0.6 is 11.6 Å². The summed E-state index contributed by atoms with van der Waals surface area (Å²) >= 11 is 5.49. The van der Waals surface area contributed by atoms with Gasteiger partial charge in [-0.25, -0.2) is 0 Å². The number of nitrogens with one attached hydrogen (secondary N) is 1. The molecule has 0 spiro atoms. The van der Waals surface area contributed by atoms with Crippen LogP contribution in [0.15, 0.2) is 24.3 Å². The predicted molar refractivity (Wildman–Crippen MR) is 59.1 cm³/mol. The Morgan fingerprint density at radius 1 is 1.47 bits per heavy atom. The first-order valence-electron chi connectivity index (χ1n) is 4.88. The van der Waals surface area contributed by atoms with E-state index in [9.17, 15) is 18.0 Å². The molecule has 1 amide bonds. The van der Waals surface area contributed by atoms with Crippen LogP contribution in [0.1, 0.15) is 22.8 Å². The molecule has 0 fully saturated rings. The lowest BCUT2D eigenvalue weighted by Crippen LogP contribution is -2.33. The van der Waals surface area contributed by atoms with Crippen LogP contribution in [-0.2, 0) is 6.18 Å². The van der Waals surface area contributed by atoms with Crippen LogP contribution in [0.4, 0.5) is 13.2 Å². The Balaban J connectivity index is 2.89. The van der Waals surface area contributed by atoms with E-state index < -0.39 is 17.6 Å². The minimum absolute atomic E-state index is 0.0307. The number of carbonyl (C=O) groups excluding carboxylic acids is 1. The van der Waals surface area contributed by atoms with E-state index in [2.05, 4.69) is 5.32 Å². The zero-order chi connectivity index (χ0) is 13.1. The summed E-state index contributed by atoms with van der Waals surface area (Å²) in [6.07, 6.45) is -4.45. The predicted octanol–water partition coefficient (Wildman–Crippen LogP) is 3.06. The number of carbonyl (C=O) groups is 1. The summed E-state index contributed by atoms with van der Waals surface area (Å²) in [6, 6.07) is 3.96. The SMILES string of the molecule is CC(CCl)NC(=O)c1cccc(C(F)(F)F)c1. The third kappa shape index (κ3) is 3.93. The van der Waals surface area contributed by atoms with E-state index in [1.807, 2.05) is 0 Å². The fourth-order valence-electron chi connectivity index (χ4n) is 1.18. The van der Waals surface area contributed by atoms with Gasteiger partial charge in [-0.05, 0) is 25.1 Å². The van der Waals surface area contributed by atoms with Crippen molar-refractivity contribution in [3.8, 4) is 0 Å². The summed E-state index contributed by atoms with van der Waals surface area (Å²) < 4.78 is 37.2. The van der Waals surface area contributed by atoms with Crippen molar-refractivity contribution in [2.24, 2.45) is 0 Å². The monoisotopic (exact) mass is 265 g/mol. The van der Waals surface area contributed by atoms with Gasteiger partial charge in [-0.15, -0.1) is 11.6 Å². The Kier molecular flexibility index (Phi) is 4.40. The average molecular weight is 266 g/mol. The largest absolute Gasteiger partial charge is 0.416 e. The van der Waals surface area contributed by atoms with E-state index in [1.54, 1.807) is 6.92 Å². The van der Waals surface area contributed by atoms with Crippen LogP contribution in [0.2, 0.25) is 0 Å². The number of hydrogen-bond donors (Lipinski definition) is 1. The molecule has 94 valence electrons. The quantitative estimate of drug-likeness (QED) is 0.836. The molecule has 0 bridgehead atoms. The molecule has 0 aliphatic rings. The summed E-state index contributed by atoms with van der Waals surface area (Å²) in [5, 5.41) is 2.49. The van der Waals surface area contributed by atoms with Gasteiger partial charge in [0, 0.05) is 17.5 Å². The van der Waals surface area contributed by atoms with Crippen molar-refractivity contribution >= 4 is 17.5 Å². The maximum absolute atomic E-state index is 12.4. The van der Waals surface area contributed by atoms with E-state index in [0.29, 0.717) is 0 Å². The number of halogens is 4. The zero-order valence-electron chi connectivity index (χ0n) is 9.01. The van der Waals surface area contributed by atoms with Crippen LogP contribution in [0, 0.1) is 0 Å². The molecule has 0 heterocycles. The Morgan fingerprint density at radius 3 is 2.65 bits per heavy atom. The molecular weight excluding hydrogens is 255 g/mol. The third-order valence-electron chi connectivity index (χ3n) is 2.06. The van der Waals surface area contributed by atoms with Gasteiger partial charge in [-0.2, -0.15) is 13.2 Å². The van der Waals surface area contributed by atoms with Crippen molar-refractivity contribution in [2.45, 2.75) is 19.1 Å². The smallest absolute Gasteiger partial charge is 0.348 e. The third-order valence-corrected chi connectivity index (χ3v) is 2.52. The van der Waals surface area contributed by atoms with Gasteiger partial charge >= 0.3 is 6.18 Å². The van der Waals surface area contributed by atoms with Gasteiger partial charge in [0.05, 0.1) is 5.56 Å². The molecule has 0 aliphatic carbocycles. The highest BCUT2D eigenvalue weighted by molar-refractivity contribution is 6.18. The van der Waals surface area contributed by atoms with Crippen LogP contribution in [0.3, 0.4) is 0 Å². The van der Waals surface area contributed by atoms with Crippen molar-refractivity contribution in [1.29, 1.82) is 0 Å². The Bertz CT molecular complexity index is 406. The minimum atomic E-state index is -4.45. The lowest BCUT2D eigenvalue weighted by molar-refractivity contribution is -0.137. The van der Waals surface area contributed by atoms with Crippen LogP contribution in [-0.4, -0.2) is 17.8 Å². The molecule has 1 rings (SSSR count). The molecule has 1 unspecified atom stereocenters. The highest BCUT2D eigenvalue weighted by Gasteiger charge is 2.30. The van der Waals surface area contributed by atoms with Gasteiger partial charge in [-0.3, -0.25) is 4.79 Å². The van der Waals surface area contributed by atoms with Gasteiger partial charge in [0.1, 0.15) is 0 Å². The second-order valence-corrected chi connectivity index (χ2v) is 3.92. The van der Waals surface area contributed by atoms with Gasteiger partial charge < -0.3 is 5.32 Å². The van der Waals surface area contributed by atoms with Crippen molar-refractivity contribution in [1.82, 2.24) is 5.32 Å². The highest BCUT2D eigenvalue weighted by atomic mass is 35.5. The summed E-state index contributed by atoms with van der Waals surface area (Å²) in [7, 11) is 0. The topological polar surface area (TPSA) is 29.1 Å². The van der Waals surface area contributed by atoms with Crippen LogP contribution < -0.4 is 5.32 Å². The first-order chi connectivity index (χ1) is 7.84. The minimum Gasteiger partial charge on any atom is -0.348 e. The first kappa shape index (κ1) is 13.8. The number of benzene rings is 1. The Morgan fingerprint density at radius 2 is 2.12 bits per heavy atom. The van der Waals surface area contributed by atoms with E-state index in [-0.39, 0.29) is 17.5 Å². The molecule has 17 heavy (non-hydrogen) atoms. The maximum Gasteiger partial charge on any atom is 0.416 e. The lowest BCUT2D eigenvalue weighted by Gasteiger charge is -2.12. The molecule has 0 aliphatic heterocycles. The number of hydrogen-bond acceptors (Lipinski definition) is 1. The van der Waals surface area contributed by atoms with Crippen molar-refractivity contribution in [3.05, 3.63) is 35.4 Å². The summed E-state index contributed by atoms with van der Waals surface area (Å²) in [5.74, 6) is -0.366. The lowest BCUT2D eigenvalue weighted by atomic mass is 10.1. The van der Waals surface area contributed by atoms with Crippen molar-refractivity contribution in [2.75, 3.05) is 5.88 Å². The van der Waals surface area contributed by atoms with Crippen molar-refractivity contribution in [3.63, 3.8) is 0 Å². The molecule has 2 nitrogen and oxygen atoms in total. The highest BCUT2D eigenvalue weighted by Crippen LogP contribution is 2.29. The van der Waals surface area contributed by atoms with Gasteiger partial charge in [0.15, 0.2) is 0 Å². The normalized spacial score (nSPS) is 13.2. The fourth-order valence-corrected chi connectivity index (χ4v) is 1.26.